The fourth-order valence-electron chi connectivity index (χ4n) is 3.48. The Balaban J connectivity index is 2.77. The summed E-state index contributed by atoms with van der Waals surface area (Å²) in [4.78, 5) is 29.8. The summed E-state index contributed by atoms with van der Waals surface area (Å²) in [7, 11) is 2.58. The molecule has 1 aromatic carbocycles. The van der Waals surface area contributed by atoms with Gasteiger partial charge in [0.15, 0.2) is 11.5 Å². The van der Waals surface area contributed by atoms with Gasteiger partial charge in [0.2, 0.25) is 0 Å². The van der Waals surface area contributed by atoms with Crippen molar-refractivity contribution in [3.63, 3.8) is 0 Å². The van der Waals surface area contributed by atoms with Gasteiger partial charge in [0.25, 0.3) is 0 Å². The summed E-state index contributed by atoms with van der Waals surface area (Å²) in [6.45, 7) is 8.39. The van der Waals surface area contributed by atoms with E-state index in [-0.39, 0.29) is 11.1 Å². The van der Waals surface area contributed by atoms with Crippen molar-refractivity contribution in [3.8, 4) is 22.6 Å². The predicted molar refractivity (Wildman–Crippen MR) is 126 cm³/mol. The largest absolute Gasteiger partial charge is 0.490 e. The second-order valence-electron chi connectivity index (χ2n) is 7.16. The minimum absolute atomic E-state index is 0.199. The number of ether oxygens (including phenoxy) is 4. The number of rotatable bonds is 10. The Labute approximate surface area is 197 Å². The number of hydrogen-bond acceptors (Lipinski definition) is 7. The summed E-state index contributed by atoms with van der Waals surface area (Å²) in [5.74, 6) is -0.103. The van der Waals surface area contributed by atoms with Gasteiger partial charge in [-0.2, -0.15) is 0 Å². The second kappa shape index (κ2) is 11.9. The number of hydrogen-bond donors (Lipinski definition) is 0. The number of aryl methyl sites for hydroxylation is 2. The molecule has 0 amide bonds. The molecule has 0 bridgehead atoms. The van der Waals surface area contributed by atoms with Crippen molar-refractivity contribution in [1.82, 2.24) is 4.98 Å². The molecule has 0 fully saturated rings. The maximum Gasteiger partial charge on any atom is 0.340 e. The van der Waals surface area contributed by atoms with Crippen molar-refractivity contribution in [3.05, 3.63) is 39.1 Å². The van der Waals surface area contributed by atoms with E-state index >= 15 is 0 Å². The zero-order chi connectivity index (χ0) is 23.8. The molecule has 0 N–H and O–H groups in total. The quantitative estimate of drug-likeness (QED) is 0.302. The van der Waals surface area contributed by atoms with Crippen LogP contribution in [0, 0.1) is 13.8 Å². The smallest absolute Gasteiger partial charge is 0.340 e. The van der Waals surface area contributed by atoms with E-state index in [4.69, 9.17) is 18.9 Å². The maximum atomic E-state index is 12.7. The van der Waals surface area contributed by atoms with Gasteiger partial charge < -0.3 is 18.9 Å². The molecule has 0 unspecified atom stereocenters. The summed E-state index contributed by atoms with van der Waals surface area (Å²) in [6.07, 6.45) is 3.09. The minimum atomic E-state index is -0.593. The molecule has 0 aliphatic rings. The van der Waals surface area contributed by atoms with Crippen LogP contribution < -0.4 is 9.47 Å². The van der Waals surface area contributed by atoms with Crippen LogP contribution in [0.25, 0.3) is 11.1 Å². The topological polar surface area (TPSA) is 84.0 Å². The van der Waals surface area contributed by atoms with E-state index in [1.807, 2.05) is 6.92 Å². The fraction of sp³-hybridized carbons (Fsp3) is 0.458. The molecule has 0 radical (unpaired) electrons. The van der Waals surface area contributed by atoms with Gasteiger partial charge in [-0.1, -0.05) is 19.8 Å². The summed E-state index contributed by atoms with van der Waals surface area (Å²) in [5.41, 5.74) is 2.26. The van der Waals surface area contributed by atoms with Crippen molar-refractivity contribution >= 4 is 27.9 Å². The van der Waals surface area contributed by atoms with E-state index in [1.165, 1.54) is 14.2 Å². The van der Waals surface area contributed by atoms with Crippen LogP contribution in [0.5, 0.6) is 11.5 Å². The monoisotopic (exact) mass is 507 g/mol. The Bertz CT molecular complexity index is 949. The number of carbonyl (C=O) groups is 2. The third-order valence-corrected chi connectivity index (χ3v) is 5.52. The van der Waals surface area contributed by atoms with Crippen LogP contribution in [0.4, 0.5) is 0 Å². The molecule has 2 rings (SSSR count). The molecule has 1 aromatic heterocycles. The Hall–Kier alpha value is -2.61. The molecule has 8 heteroatoms. The molecule has 1 heterocycles. The van der Waals surface area contributed by atoms with Gasteiger partial charge in [0.1, 0.15) is 0 Å². The molecule has 0 aliphatic heterocycles. The van der Waals surface area contributed by atoms with Gasteiger partial charge >= 0.3 is 11.9 Å². The highest BCUT2D eigenvalue weighted by Gasteiger charge is 2.28. The number of esters is 2. The van der Waals surface area contributed by atoms with Gasteiger partial charge in [0.05, 0.1) is 54.4 Å². The highest BCUT2D eigenvalue weighted by atomic mass is 79.9. The maximum absolute atomic E-state index is 12.7. The number of aromatic nitrogens is 1. The van der Waals surface area contributed by atoms with Crippen molar-refractivity contribution < 1.29 is 28.5 Å². The van der Waals surface area contributed by atoms with Gasteiger partial charge in [-0.25, -0.2) is 9.59 Å². The number of nitrogens with zero attached hydrogens (tertiary/aromatic N) is 1. The second-order valence-corrected chi connectivity index (χ2v) is 8.02. The molecular weight excluding hydrogens is 478 g/mol. The first-order valence-electron chi connectivity index (χ1n) is 10.6. The first-order valence-corrected chi connectivity index (χ1v) is 11.4. The molecule has 32 heavy (non-hydrogen) atoms. The lowest BCUT2D eigenvalue weighted by atomic mass is 9.92. The van der Waals surface area contributed by atoms with Gasteiger partial charge in [-0.15, -0.1) is 0 Å². The van der Waals surface area contributed by atoms with Crippen molar-refractivity contribution in [1.29, 1.82) is 0 Å². The van der Waals surface area contributed by atoms with E-state index in [1.54, 1.807) is 26.0 Å². The molecule has 0 saturated heterocycles. The van der Waals surface area contributed by atoms with Crippen LogP contribution >= 0.6 is 15.9 Å². The van der Waals surface area contributed by atoms with Crippen LogP contribution in [0.2, 0.25) is 0 Å². The highest BCUT2D eigenvalue weighted by molar-refractivity contribution is 9.10. The van der Waals surface area contributed by atoms with Crippen molar-refractivity contribution in [2.24, 2.45) is 0 Å². The van der Waals surface area contributed by atoms with Gasteiger partial charge in [-0.3, -0.25) is 4.98 Å². The molecule has 0 aliphatic carbocycles. The third-order valence-electron chi connectivity index (χ3n) is 4.93. The molecule has 0 saturated carbocycles. The molecular formula is C24H30BrNO6. The third kappa shape index (κ3) is 5.59. The predicted octanol–water partition coefficient (Wildman–Crippen LogP) is 5.67. The number of benzene rings is 1. The number of pyridine rings is 1. The Morgan fingerprint density at radius 2 is 1.53 bits per heavy atom. The normalized spacial score (nSPS) is 10.6. The van der Waals surface area contributed by atoms with Crippen molar-refractivity contribution in [2.45, 2.75) is 47.0 Å². The Kier molecular flexibility index (Phi) is 9.50. The number of methoxy groups -OCH3 is 2. The zero-order valence-electron chi connectivity index (χ0n) is 19.5. The molecule has 2 aromatic rings. The minimum Gasteiger partial charge on any atom is -0.490 e. The standard InChI is InChI=1S/C24H30BrNO6/c1-7-9-10-11-32-22-17(25)12-16(13-18(22)31-8-2)21-19(23(27)29-5)14(3)26-15(4)20(21)24(28)30-6/h12-13H,7-11H2,1-6H3. The number of unbranched alkanes of at least 4 members (excludes halogenated alkanes) is 2. The molecule has 7 nitrogen and oxygen atoms in total. The lowest BCUT2D eigenvalue weighted by Crippen LogP contribution is -2.16. The van der Waals surface area contributed by atoms with Crippen molar-refractivity contribution in [2.75, 3.05) is 27.4 Å². The average molecular weight is 508 g/mol. The summed E-state index contributed by atoms with van der Waals surface area (Å²) >= 11 is 3.58. The van der Waals surface area contributed by atoms with E-state index in [9.17, 15) is 9.59 Å². The summed E-state index contributed by atoms with van der Waals surface area (Å²) in [6, 6.07) is 3.56. The number of halogens is 1. The van der Waals surface area contributed by atoms with Crippen LogP contribution in [0.15, 0.2) is 16.6 Å². The highest BCUT2D eigenvalue weighted by Crippen LogP contribution is 2.42. The van der Waals surface area contributed by atoms with Crippen LogP contribution in [0.1, 0.15) is 65.2 Å². The Morgan fingerprint density at radius 1 is 0.938 bits per heavy atom. The Morgan fingerprint density at radius 3 is 2.03 bits per heavy atom. The van der Waals surface area contributed by atoms with E-state index in [2.05, 4.69) is 27.8 Å². The zero-order valence-corrected chi connectivity index (χ0v) is 21.1. The summed E-state index contributed by atoms with van der Waals surface area (Å²) < 4.78 is 22.5. The number of carbonyl (C=O) groups excluding carboxylic acids is 2. The average Bonchev–Trinajstić information content (AvgIpc) is 2.76. The molecule has 0 spiro atoms. The summed E-state index contributed by atoms with van der Waals surface area (Å²) in [5, 5.41) is 0. The van der Waals surface area contributed by atoms with Gasteiger partial charge in [0, 0.05) is 5.56 Å². The lowest BCUT2D eigenvalue weighted by molar-refractivity contribution is 0.0599. The fourth-order valence-corrected chi connectivity index (χ4v) is 4.04. The lowest BCUT2D eigenvalue weighted by Gasteiger charge is -2.19. The van der Waals surface area contributed by atoms with E-state index < -0.39 is 11.9 Å². The van der Waals surface area contributed by atoms with Crippen LogP contribution in [-0.4, -0.2) is 44.4 Å². The molecule has 174 valence electrons. The van der Waals surface area contributed by atoms with E-state index in [0.29, 0.717) is 51.7 Å². The van der Waals surface area contributed by atoms with Crippen LogP contribution in [-0.2, 0) is 9.47 Å². The SMILES string of the molecule is CCCCCOc1c(Br)cc(-c2c(C(=O)OC)c(C)nc(C)c2C(=O)OC)cc1OCC. The van der Waals surface area contributed by atoms with Gasteiger partial charge in [-0.05, 0) is 60.8 Å². The first-order chi connectivity index (χ1) is 15.3. The van der Waals surface area contributed by atoms with Crippen LogP contribution in [0.3, 0.4) is 0 Å². The van der Waals surface area contributed by atoms with E-state index in [0.717, 1.165) is 19.3 Å². The first kappa shape index (κ1) is 25.6. The molecule has 0 atom stereocenters.